The first-order valence-electron chi connectivity index (χ1n) is 9.76. The van der Waals surface area contributed by atoms with Crippen molar-refractivity contribution in [2.24, 2.45) is 0 Å². The van der Waals surface area contributed by atoms with Gasteiger partial charge in [-0.25, -0.2) is 0 Å². The van der Waals surface area contributed by atoms with E-state index in [1.54, 1.807) is 11.1 Å². The molecule has 0 aliphatic rings. The van der Waals surface area contributed by atoms with E-state index >= 15 is 0 Å². The SMILES string of the molecule is CCCCCc1cc2cc3ccccc3cc2cc1CCCCC. The predicted molar refractivity (Wildman–Crippen MR) is 108 cm³/mol. The molecule has 0 fully saturated rings. The van der Waals surface area contributed by atoms with Crippen LogP contribution in [-0.4, -0.2) is 0 Å². The van der Waals surface area contributed by atoms with E-state index in [4.69, 9.17) is 0 Å². The lowest BCUT2D eigenvalue weighted by Crippen LogP contribution is -1.96. The van der Waals surface area contributed by atoms with Crippen LogP contribution in [0.5, 0.6) is 0 Å². The topological polar surface area (TPSA) is 0 Å². The smallest absolute Gasteiger partial charge is 0.0175 e. The molecule has 0 nitrogen and oxygen atoms in total. The van der Waals surface area contributed by atoms with E-state index in [9.17, 15) is 0 Å². The van der Waals surface area contributed by atoms with Crippen LogP contribution in [0, 0.1) is 0 Å². The molecule has 0 heteroatoms. The van der Waals surface area contributed by atoms with Gasteiger partial charge in [-0.3, -0.25) is 0 Å². The third-order valence-corrected chi connectivity index (χ3v) is 5.12. The summed E-state index contributed by atoms with van der Waals surface area (Å²) < 4.78 is 0. The van der Waals surface area contributed by atoms with Gasteiger partial charge >= 0.3 is 0 Å². The van der Waals surface area contributed by atoms with Gasteiger partial charge in [0.2, 0.25) is 0 Å². The van der Waals surface area contributed by atoms with Crippen molar-refractivity contribution in [1.82, 2.24) is 0 Å². The third-order valence-electron chi connectivity index (χ3n) is 5.12. The number of unbranched alkanes of at least 4 members (excludes halogenated alkanes) is 4. The first-order chi connectivity index (χ1) is 11.8. The van der Waals surface area contributed by atoms with Gasteiger partial charge in [-0.15, -0.1) is 0 Å². The fourth-order valence-electron chi connectivity index (χ4n) is 3.68. The molecule has 0 aromatic heterocycles. The summed E-state index contributed by atoms with van der Waals surface area (Å²) in [4.78, 5) is 0. The zero-order valence-corrected chi connectivity index (χ0v) is 15.3. The molecule has 0 aliphatic carbocycles. The average molecular weight is 319 g/mol. The number of rotatable bonds is 8. The van der Waals surface area contributed by atoms with E-state index in [0.717, 1.165) is 0 Å². The molecule has 3 aromatic carbocycles. The summed E-state index contributed by atoms with van der Waals surface area (Å²) >= 11 is 0. The number of fused-ring (bicyclic) bond motifs is 2. The molecule has 0 N–H and O–H groups in total. The van der Waals surface area contributed by atoms with Crippen LogP contribution in [-0.2, 0) is 12.8 Å². The van der Waals surface area contributed by atoms with Crippen molar-refractivity contribution in [2.75, 3.05) is 0 Å². The van der Waals surface area contributed by atoms with Crippen molar-refractivity contribution < 1.29 is 0 Å². The highest BCUT2D eigenvalue weighted by Gasteiger charge is 2.07. The molecule has 3 rings (SSSR count). The van der Waals surface area contributed by atoms with E-state index in [2.05, 4.69) is 62.4 Å². The van der Waals surface area contributed by atoms with Crippen molar-refractivity contribution in [3.63, 3.8) is 0 Å². The molecule has 0 heterocycles. The number of hydrogen-bond acceptors (Lipinski definition) is 0. The van der Waals surface area contributed by atoms with Gasteiger partial charge in [0.15, 0.2) is 0 Å². The molecule has 0 saturated carbocycles. The molecule has 0 bridgehead atoms. The van der Waals surface area contributed by atoms with Gasteiger partial charge < -0.3 is 0 Å². The van der Waals surface area contributed by atoms with Gasteiger partial charge in [0.25, 0.3) is 0 Å². The van der Waals surface area contributed by atoms with Crippen LogP contribution in [0.25, 0.3) is 21.5 Å². The maximum Gasteiger partial charge on any atom is -0.0175 e. The molecule has 0 unspecified atom stereocenters. The van der Waals surface area contributed by atoms with E-state index in [0.29, 0.717) is 0 Å². The van der Waals surface area contributed by atoms with E-state index in [1.807, 2.05) is 0 Å². The molecule has 0 saturated heterocycles. The summed E-state index contributed by atoms with van der Waals surface area (Å²) in [5.74, 6) is 0. The zero-order valence-electron chi connectivity index (χ0n) is 15.3. The van der Waals surface area contributed by atoms with Crippen LogP contribution >= 0.6 is 0 Å². The van der Waals surface area contributed by atoms with E-state index < -0.39 is 0 Å². The van der Waals surface area contributed by atoms with Gasteiger partial charge in [-0.2, -0.15) is 0 Å². The fraction of sp³-hybridized carbons (Fsp3) is 0.417. The summed E-state index contributed by atoms with van der Waals surface area (Å²) in [5.41, 5.74) is 3.17. The quantitative estimate of drug-likeness (QED) is 0.299. The highest BCUT2D eigenvalue weighted by molar-refractivity contribution is 5.98. The minimum Gasteiger partial charge on any atom is -0.0654 e. The second kappa shape index (κ2) is 8.33. The van der Waals surface area contributed by atoms with Gasteiger partial charge in [-0.1, -0.05) is 75.9 Å². The number of hydrogen-bond donors (Lipinski definition) is 0. The molecule has 0 radical (unpaired) electrons. The summed E-state index contributed by atoms with van der Waals surface area (Å²) in [7, 11) is 0. The summed E-state index contributed by atoms with van der Waals surface area (Å²) in [6.07, 6.45) is 10.4. The lowest BCUT2D eigenvalue weighted by Gasteiger charge is -2.13. The Morgan fingerprint density at radius 3 is 1.42 bits per heavy atom. The number of benzene rings is 3. The van der Waals surface area contributed by atoms with Crippen molar-refractivity contribution in [2.45, 2.75) is 65.2 Å². The zero-order chi connectivity index (χ0) is 16.8. The molecule has 0 spiro atoms. The molecule has 0 aliphatic heterocycles. The minimum atomic E-state index is 1.23. The molecular formula is C24H30. The van der Waals surface area contributed by atoms with Crippen LogP contribution in [0.2, 0.25) is 0 Å². The van der Waals surface area contributed by atoms with Crippen molar-refractivity contribution in [3.8, 4) is 0 Å². The minimum absolute atomic E-state index is 1.23. The average Bonchev–Trinajstić information content (AvgIpc) is 2.60. The van der Waals surface area contributed by atoms with Crippen LogP contribution in [0.4, 0.5) is 0 Å². The van der Waals surface area contributed by atoms with Gasteiger partial charge in [-0.05, 0) is 70.5 Å². The molecule has 3 aromatic rings. The lowest BCUT2D eigenvalue weighted by atomic mass is 9.92. The van der Waals surface area contributed by atoms with E-state index in [-0.39, 0.29) is 0 Å². The van der Waals surface area contributed by atoms with Crippen LogP contribution < -0.4 is 0 Å². The second-order valence-corrected chi connectivity index (χ2v) is 7.08. The second-order valence-electron chi connectivity index (χ2n) is 7.08. The van der Waals surface area contributed by atoms with Crippen molar-refractivity contribution in [3.05, 3.63) is 59.7 Å². The molecule has 0 amide bonds. The Kier molecular flexibility index (Phi) is 5.91. The first-order valence-corrected chi connectivity index (χ1v) is 9.76. The molecule has 0 atom stereocenters. The number of aryl methyl sites for hydroxylation is 2. The Balaban J connectivity index is 1.99. The third kappa shape index (κ3) is 3.98. The highest BCUT2D eigenvalue weighted by Crippen LogP contribution is 2.27. The first kappa shape index (κ1) is 17.0. The standard InChI is InChI=1S/C24H30/c1-3-5-7-11-19-15-23-17-21-13-9-10-14-22(21)18-24(23)16-20(19)12-8-6-4-2/h9-10,13-18H,3-8,11-12H2,1-2H3. The monoisotopic (exact) mass is 318 g/mol. The Hall–Kier alpha value is -1.82. The van der Waals surface area contributed by atoms with Gasteiger partial charge in [0, 0.05) is 0 Å². The van der Waals surface area contributed by atoms with Crippen LogP contribution in [0.1, 0.15) is 63.5 Å². The predicted octanol–water partition coefficient (Wildman–Crippen LogP) is 7.46. The largest absolute Gasteiger partial charge is 0.0654 e. The van der Waals surface area contributed by atoms with Gasteiger partial charge in [0.1, 0.15) is 0 Å². The molecule has 126 valence electrons. The normalized spacial score (nSPS) is 11.4. The van der Waals surface area contributed by atoms with Gasteiger partial charge in [0.05, 0.1) is 0 Å². The van der Waals surface area contributed by atoms with Crippen LogP contribution in [0.3, 0.4) is 0 Å². The Labute approximate surface area is 146 Å². The van der Waals surface area contributed by atoms with Crippen molar-refractivity contribution >= 4 is 21.5 Å². The maximum absolute atomic E-state index is 2.47. The van der Waals surface area contributed by atoms with E-state index in [1.165, 1.54) is 72.9 Å². The van der Waals surface area contributed by atoms with Crippen molar-refractivity contribution in [1.29, 1.82) is 0 Å². The molecule has 24 heavy (non-hydrogen) atoms. The summed E-state index contributed by atoms with van der Waals surface area (Å²) in [6, 6.07) is 18.4. The maximum atomic E-state index is 2.47. The highest BCUT2D eigenvalue weighted by atomic mass is 14.1. The Morgan fingerprint density at radius 2 is 1.00 bits per heavy atom. The Morgan fingerprint density at radius 1 is 0.542 bits per heavy atom. The summed E-state index contributed by atoms with van der Waals surface area (Å²) in [5, 5.41) is 5.50. The van der Waals surface area contributed by atoms with Crippen LogP contribution in [0.15, 0.2) is 48.5 Å². The molecular weight excluding hydrogens is 288 g/mol. The fourth-order valence-corrected chi connectivity index (χ4v) is 3.68. The summed E-state index contributed by atoms with van der Waals surface area (Å²) in [6.45, 7) is 4.57. The Bertz CT molecular complexity index is 730. The lowest BCUT2D eigenvalue weighted by molar-refractivity contribution is 0.694.